The second-order valence-electron chi connectivity index (χ2n) is 6.08. The molecule has 1 aromatic rings. The molecule has 0 saturated carbocycles. The Hall–Kier alpha value is -1.51. The highest BCUT2D eigenvalue weighted by molar-refractivity contribution is 7.86. The Bertz CT molecular complexity index is 662. The van der Waals surface area contributed by atoms with Crippen molar-refractivity contribution >= 4 is 21.9 Å². The number of pyridine rings is 1. The first kappa shape index (κ1) is 17.8. The van der Waals surface area contributed by atoms with Gasteiger partial charge in [-0.2, -0.15) is 17.0 Å². The van der Waals surface area contributed by atoms with Crippen molar-refractivity contribution in [3.05, 3.63) is 23.9 Å². The molecule has 0 spiro atoms. The number of nitrogens with one attached hydrogen (secondary N) is 1. The van der Waals surface area contributed by atoms with Crippen LogP contribution < -0.4 is 5.32 Å². The van der Waals surface area contributed by atoms with Crippen molar-refractivity contribution in [3.63, 3.8) is 0 Å². The van der Waals surface area contributed by atoms with E-state index >= 15 is 0 Å². The van der Waals surface area contributed by atoms with Crippen LogP contribution in [0.15, 0.2) is 18.2 Å². The molecule has 2 heterocycles. The van der Waals surface area contributed by atoms with Crippen molar-refractivity contribution in [1.29, 1.82) is 0 Å². The highest BCUT2D eigenvalue weighted by Crippen LogP contribution is 2.19. The molecule has 2 rings (SSSR count). The Morgan fingerprint density at radius 3 is 2.87 bits per heavy atom. The molecule has 1 aliphatic rings. The van der Waals surface area contributed by atoms with E-state index in [9.17, 15) is 13.2 Å². The van der Waals surface area contributed by atoms with Gasteiger partial charge in [-0.15, -0.1) is 0 Å². The van der Waals surface area contributed by atoms with Gasteiger partial charge in [-0.3, -0.25) is 4.79 Å². The summed E-state index contributed by atoms with van der Waals surface area (Å²) in [7, 11) is -2.18. The van der Waals surface area contributed by atoms with Crippen LogP contribution >= 0.6 is 0 Å². The molecule has 0 bridgehead atoms. The maximum absolute atomic E-state index is 12.5. The number of amides is 1. The lowest BCUT2D eigenvalue weighted by Gasteiger charge is -2.32. The van der Waals surface area contributed by atoms with E-state index in [1.165, 1.54) is 11.4 Å². The summed E-state index contributed by atoms with van der Waals surface area (Å²) >= 11 is 0. The van der Waals surface area contributed by atoms with Crippen LogP contribution in [0.2, 0.25) is 0 Å². The van der Waals surface area contributed by atoms with E-state index in [-0.39, 0.29) is 6.54 Å². The van der Waals surface area contributed by atoms with Gasteiger partial charge in [-0.05, 0) is 37.8 Å². The maximum Gasteiger partial charge on any atom is 0.282 e. The lowest BCUT2D eigenvalue weighted by molar-refractivity contribution is -0.116. The number of hydrogen-bond donors (Lipinski definition) is 1. The summed E-state index contributed by atoms with van der Waals surface area (Å²) < 4.78 is 27.6. The van der Waals surface area contributed by atoms with Crippen LogP contribution in [0.25, 0.3) is 0 Å². The monoisotopic (exact) mass is 340 g/mol. The number of likely N-dealkylation sites (N-methyl/N-ethyl adjacent to an activating group) is 1. The highest BCUT2D eigenvalue weighted by atomic mass is 32.2. The lowest BCUT2D eigenvalue weighted by Crippen LogP contribution is -2.48. The molecule has 7 nitrogen and oxygen atoms in total. The molecule has 8 heteroatoms. The summed E-state index contributed by atoms with van der Waals surface area (Å²) in [5.41, 5.74) is 0.783. The number of rotatable bonds is 5. The van der Waals surface area contributed by atoms with E-state index in [1.54, 1.807) is 12.1 Å². The van der Waals surface area contributed by atoms with E-state index in [0.29, 0.717) is 24.8 Å². The van der Waals surface area contributed by atoms with E-state index < -0.39 is 16.1 Å². The molecule has 1 aliphatic heterocycles. The Labute approximate surface area is 137 Å². The van der Waals surface area contributed by atoms with Crippen molar-refractivity contribution in [2.75, 3.05) is 32.0 Å². The molecule has 1 aromatic heterocycles. The van der Waals surface area contributed by atoms with Crippen LogP contribution in [0.5, 0.6) is 0 Å². The lowest BCUT2D eigenvalue weighted by atomic mass is 10.0. The van der Waals surface area contributed by atoms with Crippen molar-refractivity contribution in [1.82, 2.24) is 13.6 Å². The molecule has 1 atom stereocenters. The largest absolute Gasteiger partial charge is 0.310 e. The molecule has 0 unspecified atom stereocenters. The third kappa shape index (κ3) is 4.73. The zero-order valence-corrected chi connectivity index (χ0v) is 14.6. The van der Waals surface area contributed by atoms with Crippen molar-refractivity contribution in [3.8, 4) is 0 Å². The summed E-state index contributed by atoms with van der Waals surface area (Å²) in [6, 6.07) is 5.28. The third-order valence-corrected chi connectivity index (χ3v) is 5.76. The zero-order chi connectivity index (χ0) is 17.0. The highest BCUT2D eigenvalue weighted by Gasteiger charge is 2.31. The number of carbonyl (C=O) groups is 1. The minimum absolute atomic E-state index is 0.233. The van der Waals surface area contributed by atoms with Gasteiger partial charge in [0.2, 0.25) is 5.91 Å². The van der Waals surface area contributed by atoms with E-state index in [4.69, 9.17) is 0 Å². The molecule has 23 heavy (non-hydrogen) atoms. The standard InChI is InChI=1S/C15H24N4O3S/c1-12-6-5-9-19(10-12)23(21,22)18(3)11-15(20)17-14-8-4-7-13(2)16-14/h4,7-8,12H,5-6,9-11H2,1-3H3,(H,16,17,20)/t12-/m0/s1. The van der Waals surface area contributed by atoms with Crippen LogP contribution in [0.4, 0.5) is 5.82 Å². The van der Waals surface area contributed by atoms with Gasteiger partial charge in [0.25, 0.3) is 10.2 Å². The average Bonchev–Trinajstić information content (AvgIpc) is 2.47. The fourth-order valence-electron chi connectivity index (χ4n) is 2.63. The molecular formula is C15H24N4O3S. The molecule has 1 saturated heterocycles. The zero-order valence-electron chi connectivity index (χ0n) is 13.8. The summed E-state index contributed by atoms with van der Waals surface area (Å²) in [6.07, 6.45) is 1.89. The Balaban J connectivity index is 1.97. The predicted octanol–water partition coefficient (Wildman–Crippen LogP) is 1.24. The van der Waals surface area contributed by atoms with Gasteiger partial charge in [0.05, 0.1) is 6.54 Å². The van der Waals surface area contributed by atoms with Gasteiger partial charge < -0.3 is 5.32 Å². The fourth-order valence-corrected chi connectivity index (χ4v) is 4.11. The molecule has 0 radical (unpaired) electrons. The molecule has 0 aromatic carbocycles. The Morgan fingerprint density at radius 2 is 2.22 bits per heavy atom. The first-order valence-electron chi connectivity index (χ1n) is 7.74. The van der Waals surface area contributed by atoms with Crippen LogP contribution in [-0.4, -0.2) is 54.6 Å². The van der Waals surface area contributed by atoms with Gasteiger partial charge >= 0.3 is 0 Å². The second-order valence-corrected chi connectivity index (χ2v) is 8.12. The number of aromatic nitrogens is 1. The predicted molar refractivity (Wildman–Crippen MR) is 89.1 cm³/mol. The van der Waals surface area contributed by atoms with Crippen molar-refractivity contribution in [2.24, 2.45) is 5.92 Å². The van der Waals surface area contributed by atoms with Gasteiger partial charge in [-0.1, -0.05) is 13.0 Å². The van der Waals surface area contributed by atoms with Gasteiger partial charge in [0, 0.05) is 25.8 Å². The number of anilines is 1. The summed E-state index contributed by atoms with van der Waals surface area (Å²) in [5.74, 6) is 0.365. The number of nitrogens with zero attached hydrogens (tertiary/aromatic N) is 3. The quantitative estimate of drug-likeness (QED) is 0.874. The molecule has 128 valence electrons. The third-order valence-electron chi connectivity index (χ3n) is 3.86. The number of piperidine rings is 1. The summed E-state index contributed by atoms with van der Waals surface area (Å²) in [5, 5.41) is 2.62. The fraction of sp³-hybridized carbons (Fsp3) is 0.600. The number of hydrogen-bond acceptors (Lipinski definition) is 4. The van der Waals surface area contributed by atoms with Crippen molar-refractivity contribution < 1.29 is 13.2 Å². The smallest absolute Gasteiger partial charge is 0.282 e. The number of carbonyl (C=O) groups excluding carboxylic acids is 1. The van der Waals surface area contributed by atoms with Crippen LogP contribution in [0.3, 0.4) is 0 Å². The van der Waals surface area contributed by atoms with Gasteiger partial charge in [0.1, 0.15) is 5.82 Å². The van der Waals surface area contributed by atoms with Gasteiger partial charge in [0.15, 0.2) is 0 Å². The van der Waals surface area contributed by atoms with E-state index in [0.717, 1.165) is 22.8 Å². The summed E-state index contributed by atoms with van der Waals surface area (Å²) in [4.78, 5) is 16.2. The van der Waals surface area contributed by atoms with Crippen LogP contribution in [0.1, 0.15) is 25.5 Å². The van der Waals surface area contributed by atoms with Crippen molar-refractivity contribution in [2.45, 2.75) is 26.7 Å². The van der Waals surface area contributed by atoms with Crippen LogP contribution in [0, 0.1) is 12.8 Å². The topological polar surface area (TPSA) is 82.6 Å². The molecular weight excluding hydrogens is 316 g/mol. The second kappa shape index (κ2) is 7.37. The first-order valence-corrected chi connectivity index (χ1v) is 9.13. The Morgan fingerprint density at radius 1 is 1.48 bits per heavy atom. The summed E-state index contributed by atoms with van der Waals surface area (Å²) in [6.45, 7) is 4.65. The Kier molecular flexibility index (Phi) is 5.72. The molecule has 1 amide bonds. The normalized spacial score (nSPS) is 19.7. The van der Waals surface area contributed by atoms with Gasteiger partial charge in [-0.25, -0.2) is 4.98 Å². The average molecular weight is 340 g/mol. The molecule has 1 fully saturated rings. The SMILES string of the molecule is Cc1cccc(NC(=O)CN(C)S(=O)(=O)N2CCC[C@H](C)C2)n1. The molecule has 0 aliphatic carbocycles. The minimum Gasteiger partial charge on any atom is -0.310 e. The number of aryl methyl sites for hydroxylation is 1. The first-order chi connectivity index (χ1) is 10.8. The van der Waals surface area contributed by atoms with E-state index in [2.05, 4.69) is 10.3 Å². The van der Waals surface area contributed by atoms with E-state index in [1.807, 2.05) is 19.9 Å². The molecule has 1 N–H and O–H groups in total. The maximum atomic E-state index is 12.5. The van der Waals surface area contributed by atoms with Crippen LogP contribution in [-0.2, 0) is 15.0 Å². The minimum atomic E-state index is -3.61.